The molecule has 7 nitrogen and oxygen atoms in total. The molecule has 8 heteroatoms. The van der Waals surface area contributed by atoms with E-state index in [1.165, 1.54) is 12.8 Å². The molecule has 0 atom stereocenters. The van der Waals surface area contributed by atoms with E-state index in [2.05, 4.69) is 24.0 Å². The number of aryl methyl sites for hydroxylation is 1. The van der Waals surface area contributed by atoms with Crippen molar-refractivity contribution in [3.8, 4) is 0 Å². The number of piperidine rings is 1. The van der Waals surface area contributed by atoms with Gasteiger partial charge in [0.05, 0.1) is 0 Å². The number of amides is 1. The predicted octanol–water partition coefficient (Wildman–Crippen LogP) is 2.09. The summed E-state index contributed by atoms with van der Waals surface area (Å²) in [6.07, 6.45) is 8.84. The molecule has 0 bridgehead atoms. The van der Waals surface area contributed by atoms with Gasteiger partial charge in [-0.2, -0.15) is 0 Å². The fourth-order valence-corrected chi connectivity index (χ4v) is 3.45. The predicted molar refractivity (Wildman–Crippen MR) is 105 cm³/mol. The molecule has 152 valence electrons. The molecule has 0 aromatic carbocycles. The lowest BCUT2D eigenvalue weighted by atomic mass is 10.0. The number of carbonyl (C=O) groups is 2. The fraction of sp³-hybridized carbons (Fsp3) is 0.737. The summed E-state index contributed by atoms with van der Waals surface area (Å²) in [6, 6.07) is 0.554. The monoisotopic (exact) mass is 398 g/mol. The Morgan fingerprint density at radius 3 is 2.41 bits per heavy atom. The van der Waals surface area contributed by atoms with Crippen molar-refractivity contribution in [2.24, 2.45) is 5.92 Å². The van der Waals surface area contributed by atoms with Crippen LogP contribution in [0.15, 0.2) is 12.4 Å². The average Bonchev–Trinajstić information content (AvgIpc) is 3.40. The van der Waals surface area contributed by atoms with Gasteiger partial charge >= 0.3 is 5.97 Å². The number of aromatic nitrogens is 2. The van der Waals surface area contributed by atoms with E-state index in [-0.39, 0.29) is 12.5 Å². The van der Waals surface area contributed by atoms with E-state index in [1.807, 2.05) is 4.90 Å². The second-order valence-corrected chi connectivity index (χ2v) is 7.85. The molecular weight excluding hydrogens is 368 g/mol. The van der Waals surface area contributed by atoms with Gasteiger partial charge in [-0.25, -0.2) is 4.98 Å². The van der Waals surface area contributed by atoms with E-state index in [1.54, 1.807) is 17.0 Å². The van der Waals surface area contributed by atoms with Crippen LogP contribution in [-0.2, 0) is 22.6 Å². The number of hydrogen-bond donors (Lipinski definition) is 1. The van der Waals surface area contributed by atoms with Crippen molar-refractivity contribution in [3.63, 3.8) is 0 Å². The molecule has 1 amide bonds. The van der Waals surface area contributed by atoms with Gasteiger partial charge in [0.25, 0.3) is 0 Å². The molecule has 3 rings (SSSR count). The molecule has 2 aliphatic rings. The lowest BCUT2D eigenvalue weighted by Crippen LogP contribution is -2.44. The maximum Gasteiger partial charge on any atom is 0.323 e. The summed E-state index contributed by atoms with van der Waals surface area (Å²) >= 11 is 5.40. The highest BCUT2D eigenvalue weighted by molar-refractivity contribution is 6.18. The number of carboxylic acids is 1. The summed E-state index contributed by atoms with van der Waals surface area (Å²) in [4.78, 5) is 31.3. The van der Waals surface area contributed by atoms with Crippen LogP contribution in [0.4, 0.5) is 0 Å². The number of carbonyl (C=O) groups excluding carboxylic acids is 1. The van der Waals surface area contributed by atoms with Gasteiger partial charge < -0.3 is 19.5 Å². The molecule has 1 N–H and O–H groups in total. The van der Waals surface area contributed by atoms with Gasteiger partial charge in [-0.15, -0.1) is 11.6 Å². The fourth-order valence-electron chi connectivity index (χ4n) is 3.14. The molecule has 1 aliphatic heterocycles. The Morgan fingerprint density at radius 2 is 1.93 bits per heavy atom. The normalized spacial score (nSPS) is 17.6. The van der Waals surface area contributed by atoms with Crippen LogP contribution in [0.2, 0.25) is 0 Å². The van der Waals surface area contributed by atoms with Crippen molar-refractivity contribution in [2.75, 3.05) is 33.1 Å². The average molecular weight is 399 g/mol. The Kier molecular flexibility index (Phi) is 8.57. The summed E-state index contributed by atoms with van der Waals surface area (Å²) in [5, 5.41) is 8.83. The minimum Gasteiger partial charge on any atom is -0.480 e. The number of nitrogens with zero attached hydrogens (tertiary/aromatic N) is 4. The van der Waals surface area contributed by atoms with Crippen LogP contribution in [0.3, 0.4) is 0 Å². The zero-order chi connectivity index (χ0) is 19.8. The van der Waals surface area contributed by atoms with Crippen molar-refractivity contribution in [2.45, 2.75) is 51.1 Å². The summed E-state index contributed by atoms with van der Waals surface area (Å²) < 4.78 is 1.58. The zero-order valence-electron chi connectivity index (χ0n) is 16.3. The molecule has 1 saturated carbocycles. The number of rotatable bonds is 7. The summed E-state index contributed by atoms with van der Waals surface area (Å²) in [6.45, 7) is 1.48. The van der Waals surface area contributed by atoms with Crippen LogP contribution in [0, 0.1) is 5.92 Å². The molecule has 2 fully saturated rings. The standard InChI is InChI=1S/C15H24N4O3.C4H7Cl/c1-17(2)12-5-8-18(9-6-12)14(20)4-3-13-16-7-10-19(13)11-15(21)22;5-3-4-1-2-4/h7,10,12H,3-6,8-9,11H2,1-2H3,(H,21,22);4H,1-3H2. The van der Waals surface area contributed by atoms with Crippen molar-refractivity contribution in [3.05, 3.63) is 18.2 Å². The maximum atomic E-state index is 12.3. The van der Waals surface area contributed by atoms with E-state index in [9.17, 15) is 9.59 Å². The molecule has 1 aromatic rings. The Hall–Kier alpha value is -1.60. The molecule has 27 heavy (non-hydrogen) atoms. The largest absolute Gasteiger partial charge is 0.480 e. The summed E-state index contributed by atoms with van der Waals surface area (Å²) in [5.74, 6) is 1.66. The highest BCUT2D eigenvalue weighted by Gasteiger charge is 2.23. The minimum atomic E-state index is -0.906. The molecule has 1 aliphatic carbocycles. The summed E-state index contributed by atoms with van der Waals surface area (Å²) in [7, 11) is 4.15. The third kappa shape index (κ3) is 7.50. The van der Waals surface area contributed by atoms with Crippen molar-refractivity contribution in [1.82, 2.24) is 19.4 Å². The van der Waals surface area contributed by atoms with Gasteiger partial charge in [-0.05, 0) is 45.7 Å². The van der Waals surface area contributed by atoms with Crippen molar-refractivity contribution >= 4 is 23.5 Å². The van der Waals surface area contributed by atoms with Crippen LogP contribution in [0.1, 0.15) is 37.9 Å². The molecule has 1 aromatic heterocycles. The van der Waals surface area contributed by atoms with Crippen LogP contribution in [0.5, 0.6) is 0 Å². The molecule has 0 radical (unpaired) electrons. The smallest absolute Gasteiger partial charge is 0.323 e. The van der Waals surface area contributed by atoms with E-state index in [0.29, 0.717) is 24.7 Å². The third-order valence-electron chi connectivity index (χ3n) is 5.13. The van der Waals surface area contributed by atoms with Gasteiger partial charge in [-0.3, -0.25) is 9.59 Å². The number of alkyl halides is 1. The Labute approximate surface area is 166 Å². The Morgan fingerprint density at radius 1 is 1.26 bits per heavy atom. The first kappa shape index (κ1) is 21.7. The molecule has 2 heterocycles. The first-order valence-corrected chi connectivity index (χ1v) is 10.2. The lowest BCUT2D eigenvalue weighted by Gasteiger charge is -2.35. The van der Waals surface area contributed by atoms with Crippen molar-refractivity contribution in [1.29, 1.82) is 0 Å². The zero-order valence-corrected chi connectivity index (χ0v) is 17.1. The van der Waals surface area contributed by atoms with Crippen LogP contribution in [-0.4, -0.2) is 75.4 Å². The van der Waals surface area contributed by atoms with Gasteiger partial charge in [0.2, 0.25) is 5.91 Å². The number of carboxylic acid groups (broad SMARTS) is 1. The number of hydrogen-bond acceptors (Lipinski definition) is 4. The first-order chi connectivity index (χ1) is 12.9. The van der Waals surface area contributed by atoms with Gasteiger partial charge in [-0.1, -0.05) is 0 Å². The van der Waals surface area contributed by atoms with E-state index in [4.69, 9.17) is 16.7 Å². The number of imidazole rings is 1. The minimum absolute atomic E-state index is 0.113. The Bertz CT molecular complexity index is 608. The number of aliphatic carboxylic acids is 1. The van der Waals surface area contributed by atoms with E-state index >= 15 is 0 Å². The van der Waals surface area contributed by atoms with Crippen LogP contribution < -0.4 is 0 Å². The highest BCUT2D eigenvalue weighted by Crippen LogP contribution is 2.29. The second-order valence-electron chi connectivity index (χ2n) is 7.54. The van der Waals surface area contributed by atoms with E-state index < -0.39 is 5.97 Å². The highest BCUT2D eigenvalue weighted by atomic mass is 35.5. The summed E-state index contributed by atoms with van der Waals surface area (Å²) in [5.41, 5.74) is 0. The number of halogens is 1. The molecular formula is C19H31ClN4O3. The molecule has 0 unspecified atom stereocenters. The van der Waals surface area contributed by atoms with Crippen LogP contribution in [0.25, 0.3) is 0 Å². The third-order valence-corrected chi connectivity index (χ3v) is 5.57. The van der Waals surface area contributed by atoms with E-state index in [0.717, 1.165) is 37.7 Å². The number of likely N-dealkylation sites (tertiary alicyclic amines) is 1. The second kappa shape index (κ2) is 10.7. The molecule has 1 saturated heterocycles. The lowest BCUT2D eigenvalue weighted by molar-refractivity contribution is -0.137. The SMILES string of the molecule is CN(C)C1CCN(C(=O)CCc2nccn2CC(=O)O)CC1.ClCC1CC1. The topological polar surface area (TPSA) is 78.7 Å². The van der Waals surface area contributed by atoms with Gasteiger partial charge in [0, 0.05) is 50.2 Å². The van der Waals surface area contributed by atoms with Crippen molar-refractivity contribution < 1.29 is 14.7 Å². The van der Waals surface area contributed by atoms with Crippen LogP contribution >= 0.6 is 11.6 Å². The molecule has 0 spiro atoms. The van der Waals surface area contributed by atoms with Gasteiger partial charge in [0.15, 0.2) is 0 Å². The quantitative estimate of drug-likeness (QED) is 0.711. The maximum absolute atomic E-state index is 12.3. The Balaban J connectivity index is 0.000000451. The van der Waals surface area contributed by atoms with Gasteiger partial charge in [0.1, 0.15) is 12.4 Å². The first-order valence-electron chi connectivity index (χ1n) is 9.62.